The van der Waals surface area contributed by atoms with Gasteiger partial charge in [0.05, 0.1) is 11.4 Å². The molecule has 1 saturated carbocycles. The highest BCUT2D eigenvalue weighted by Gasteiger charge is 2.38. The third-order valence-electron chi connectivity index (χ3n) is 2.00. The van der Waals surface area contributed by atoms with Crippen LogP contribution in [-0.2, 0) is 10.0 Å². The highest BCUT2D eigenvalue weighted by Crippen LogP contribution is 2.27. The van der Waals surface area contributed by atoms with Crippen LogP contribution in [-0.4, -0.2) is 43.3 Å². The molecule has 4 nitrogen and oxygen atoms in total. The number of nitrogens with zero attached hydrogens (tertiary/aromatic N) is 1. The van der Waals surface area contributed by atoms with Crippen molar-refractivity contribution in [2.45, 2.75) is 24.2 Å². The zero-order chi connectivity index (χ0) is 8.65. The quantitative estimate of drug-likeness (QED) is 0.616. The minimum absolute atomic E-state index is 0.354. The molecule has 0 aromatic rings. The Bertz CT molecular complexity index is 228. The normalized spacial score (nSPS) is 32.0. The van der Waals surface area contributed by atoms with Gasteiger partial charge in [-0.05, 0) is 12.8 Å². The monoisotopic (exact) mass is 179 g/mol. The molecule has 0 heterocycles. The summed E-state index contributed by atoms with van der Waals surface area (Å²) in [7, 11) is -0.0719. The Kier molecular flexibility index (Phi) is 2.22. The maximum absolute atomic E-state index is 11.3. The molecule has 1 N–H and O–H groups in total. The minimum Gasteiger partial charge on any atom is -0.393 e. The molecule has 0 saturated heterocycles. The van der Waals surface area contributed by atoms with Gasteiger partial charge in [-0.1, -0.05) is 0 Å². The molecule has 5 heteroatoms. The van der Waals surface area contributed by atoms with Crippen LogP contribution in [0.3, 0.4) is 0 Å². The molecule has 0 aromatic carbocycles. The van der Waals surface area contributed by atoms with Crippen LogP contribution < -0.4 is 0 Å². The molecule has 0 amide bonds. The third-order valence-corrected chi connectivity index (χ3v) is 4.25. The van der Waals surface area contributed by atoms with Crippen molar-refractivity contribution in [3.05, 3.63) is 0 Å². The van der Waals surface area contributed by atoms with Crippen LogP contribution in [0, 0.1) is 0 Å². The SMILES string of the molecule is CN(C)S(=O)(=O)C1CC(O)C1. The first-order valence-corrected chi connectivity index (χ1v) is 5.04. The predicted octanol–water partition coefficient (Wildman–Crippen LogP) is -0.599. The van der Waals surface area contributed by atoms with E-state index in [-0.39, 0.29) is 5.25 Å². The summed E-state index contributed by atoms with van der Waals surface area (Å²) in [6.45, 7) is 0. The number of sulfonamides is 1. The highest BCUT2D eigenvalue weighted by atomic mass is 32.2. The van der Waals surface area contributed by atoms with Gasteiger partial charge >= 0.3 is 0 Å². The van der Waals surface area contributed by atoms with Crippen LogP contribution in [0.5, 0.6) is 0 Å². The van der Waals surface area contributed by atoms with Crippen molar-refractivity contribution >= 4 is 10.0 Å². The van der Waals surface area contributed by atoms with Crippen molar-refractivity contribution in [3.8, 4) is 0 Å². The second-order valence-electron chi connectivity index (χ2n) is 3.07. The summed E-state index contributed by atoms with van der Waals surface area (Å²) in [4.78, 5) is 0. The molecule has 0 radical (unpaired) electrons. The van der Waals surface area contributed by atoms with Gasteiger partial charge in [0.15, 0.2) is 0 Å². The second kappa shape index (κ2) is 2.73. The standard InChI is InChI=1S/C6H13NO3S/c1-7(2)11(9,10)6-3-5(8)4-6/h5-6,8H,3-4H2,1-2H3. The van der Waals surface area contributed by atoms with Crippen LogP contribution in [0.25, 0.3) is 0 Å². The average molecular weight is 179 g/mol. The molecule has 0 unspecified atom stereocenters. The Hall–Kier alpha value is -0.130. The van der Waals surface area contributed by atoms with E-state index in [2.05, 4.69) is 0 Å². The summed E-state index contributed by atoms with van der Waals surface area (Å²) in [6, 6.07) is 0. The fourth-order valence-corrected chi connectivity index (χ4v) is 2.61. The smallest absolute Gasteiger partial charge is 0.216 e. The van der Waals surface area contributed by atoms with Crippen LogP contribution in [0.4, 0.5) is 0 Å². The molecule has 0 spiro atoms. The Balaban J connectivity index is 2.62. The van der Waals surface area contributed by atoms with E-state index in [0.717, 1.165) is 0 Å². The van der Waals surface area contributed by atoms with Gasteiger partial charge in [0.2, 0.25) is 10.0 Å². The number of rotatable bonds is 2. The molecule has 11 heavy (non-hydrogen) atoms. The molecular weight excluding hydrogens is 166 g/mol. The van der Waals surface area contributed by atoms with Crippen molar-refractivity contribution in [1.29, 1.82) is 0 Å². The predicted molar refractivity (Wildman–Crippen MR) is 41.6 cm³/mol. The van der Waals surface area contributed by atoms with E-state index in [1.807, 2.05) is 0 Å². The van der Waals surface area contributed by atoms with Crippen molar-refractivity contribution in [3.63, 3.8) is 0 Å². The molecule has 1 rings (SSSR count). The van der Waals surface area contributed by atoms with E-state index in [0.29, 0.717) is 12.8 Å². The molecule has 0 bridgehead atoms. The van der Waals surface area contributed by atoms with E-state index in [9.17, 15) is 8.42 Å². The first-order valence-electron chi connectivity index (χ1n) is 3.54. The molecule has 1 aliphatic carbocycles. The second-order valence-corrected chi connectivity index (χ2v) is 5.50. The van der Waals surface area contributed by atoms with Crippen molar-refractivity contribution in [1.82, 2.24) is 4.31 Å². The maximum Gasteiger partial charge on any atom is 0.216 e. The van der Waals surface area contributed by atoms with Crippen molar-refractivity contribution < 1.29 is 13.5 Å². The van der Waals surface area contributed by atoms with Gasteiger partial charge < -0.3 is 5.11 Å². The van der Waals surface area contributed by atoms with Gasteiger partial charge in [-0.3, -0.25) is 0 Å². The van der Waals surface area contributed by atoms with Gasteiger partial charge in [0, 0.05) is 14.1 Å². The van der Waals surface area contributed by atoms with E-state index in [4.69, 9.17) is 5.11 Å². The average Bonchev–Trinajstić information content (AvgIpc) is 1.80. The first-order chi connectivity index (χ1) is 4.94. The highest BCUT2D eigenvalue weighted by molar-refractivity contribution is 7.89. The van der Waals surface area contributed by atoms with Gasteiger partial charge in [-0.15, -0.1) is 0 Å². The Labute approximate surface area is 66.9 Å². The number of hydrogen-bond acceptors (Lipinski definition) is 3. The van der Waals surface area contributed by atoms with E-state index in [1.54, 1.807) is 0 Å². The topological polar surface area (TPSA) is 57.6 Å². The number of hydrogen-bond donors (Lipinski definition) is 1. The zero-order valence-corrected chi connectivity index (χ0v) is 7.50. The summed E-state index contributed by atoms with van der Waals surface area (Å²) >= 11 is 0. The summed E-state index contributed by atoms with van der Waals surface area (Å²) in [6.07, 6.45) is 0.371. The van der Waals surface area contributed by atoms with Gasteiger partial charge in [-0.25, -0.2) is 12.7 Å². The van der Waals surface area contributed by atoms with Crippen LogP contribution in [0.2, 0.25) is 0 Å². The van der Waals surface area contributed by atoms with Crippen LogP contribution in [0.15, 0.2) is 0 Å². The fraction of sp³-hybridized carbons (Fsp3) is 1.00. The zero-order valence-electron chi connectivity index (χ0n) is 6.69. The molecule has 0 aromatic heterocycles. The van der Waals surface area contributed by atoms with Crippen LogP contribution >= 0.6 is 0 Å². The van der Waals surface area contributed by atoms with E-state index >= 15 is 0 Å². The lowest BCUT2D eigenvalue weighted by molar-refractivity contribution is 0.0963. The van der Waals surface area contributed by atoms with Gasteiger partial charge in [0.25, 0.3) is 0 Å². The lowest BCUT2D eigenvalue weighted by Crippen LogP contribution is -2.44. The van der Waals surface area contributed by atoms with Gasteiger partial charge in [-0.2, -0.15) is 0 Å². The Morgan fingerprint density at radius 3 is 2.09 bits per heavy atom. The number of aliphatic hydroxyl groups excluding tert-OH is 1. The molecule has 1 fully saturated rings. The fourth-order valence-electron chi connectivity index (χ4n) is 1.08. The summed E-state index contributed by atoms with van der Waals surface area (Å²) in [5.74, 6) is 0. The molecule has 1 aliphatic rings. The maximum atomic E-state index is 11.3. The van der Waals surface area contributed by atoms with Gasteiger partial charge in [0.1, 0.15) is 0 Å². The molecular formula is C6H13NO3S. The van der Waals surface area contributed by atoms with Crippen molar-refractivity contribution in [2.75, 3.05) is 14.1 Å². The molecule has 0 aliphatic heterocycles. The molecule has 66 valence electrons. The summed E-state index contributed by atoms with van der Waals surface area (Å²) in [5, 5.41) is 8.53. The lowest BCUT2D eigenvalue weighted by atomic mass is 9.96. The Morgan fingerprint density at radius 2 is 1.82 bits per heavy atom. The first kappa shape index (κ1) is 8.96. The minimum atomic E-state index is -3.10. The third kappa shape index (κ3) is 1.55. The largest absolute Gasteiger partial charge is 0.393 e. The number of aliphatic hydroxyl groups is 1. The van der Waals surface area contributed by atoms with E-state index in [1.165, 1.54) is 18.4 Å². The lowest BCUT2D eigenvalue weighted by Gasteiger charge is -2.32. The summed E-state index contributed by atoms with van der Waals surface area (Å²) in [5.41, 5.74) is 0. The van der Waals surface area contributed by atoms with E-state index < -0.39 is 16.1 Å². The van der Waals surface area contributed by atoms with Crippen molar-refractivity contribution in [2.24, 2.45) is 0 Å². The van der Waals surface area contributed by atoms with Crippen LogP contribution in [0.1, 0.15) is 12.8 Å². The molecule has 0 atom stereocenters. The Morgan fingerprint density at radius 1 is 1.36 bits per heavy atom. The summed E-state index contributed by atoms with van der Waals surface area (Å²) < 4.78 is 23.8.